The van der Waals surface area contributed by atoms with E-state index < -0.39 is 85.5 Å². The third kappa shape index (κ3) is 4.51. The molecule has 4 bridgehead atoms. The number of hydrogen-bond acceptors (Lipinski definition) is 12. The third-order valence-corrected chi connectivity index (χ3v) is 14.1. The van der Waals surface area contributed by atoms with Gasteiger partial charge in [0.2, 0.25) is 5.79 Å². The summed E-state index contributed by atoms with van der Waals surface area (Å²) in [4.78, 5) is 14.9. The zero-order valence-corrected chi connectivity index (χ0v) is 28.5. The monoisotopic (exact) mass is 689 g/mol. The molecule has 8 N–H and O–H groups in total. The van der Waals surface area contributed by atoms with Crippen LogP contribution < -0.4 is 0 Å². The molecule has 0 radical (unpaired) electrons. The molecule has 0 unspecified atom stereocenters. The van der Waals surface area contributed by atoms with Crippen LogP contribution in [0.15, 0.2) is 11.6 Å². The maximum absolute atomic E-state index is 12.9. The molecule has 15 heteroatoms. The molecule has 1 spiro atoms. The fourth-order valence-corrected chi connectivity index (χ4v) is 11.8. The first-order valence-corrected chi connectivity index (χ1v) is 18.1. The van der Waals surface area contributed by atoms with Gasteiger partial charge >= 0.3 is 16.4 Å². The Morgan fingerprint density at radius 2 is 1.55 bits per heavy atom. The SMILES string of the molecule is C/C=C(\C)C(=O)O[C@@H]1CC[C@@]2(C)[C@@H]3CC[C@@H]4[C@@]5(O)C[C@H](O)[C@@]6(O)[C@@H](CN7C[C@H](C)CC[C@H]7[C@]6(C)O)[C@]5(O)C[C@@]42O[C@@]31O.O=S(=O)(O)O. The molecule has 0 aromatic carbocycles. The molecule has 268 valence electrons. The lowest BCUT2D eigenvalue weighted by Gasteiger charge is -2.68. The molecular formula is C32H51NO13S. The number of esters is 1. The van der Waals surface area contributed by atoms with Crippen LogP contribution in [0.3, 0.4) is 0 Å². The third-order valence-electron chi connectivity index (χ3n) is 14.1. The average molecular weight is 690 g/mol. The average Bonchev–Trinajstić information content (AvgIpc) is 3.12. The Morgan fingerprint density at radius 1 is 0.936 bits per heavy atom. The van der Waals surface area contributed by atoms with Crippen LogP contribution in [-0.2, 0) is 24.7 Å². The highest BCUT2D eigenvalue weighted by Crippen LogP contribution is 2.78. The summed E-state index contributed by atoms with van der Waals surface area (Å²) >= 11 is 0. The Bertz CT molecular complexity index is 1450. The molecular weight excluding hydrogens is 638 g/mol. The molecule has 7 fully saturated rings. The van der Waals surface area contributed by atoms with Crippen LogP contribution in [0.2, 0.25) is 0 Å². The van der Waals surface area contributed by atoms with Crippen LogP contribution in [0.1, 0.15) is 86.0 Å². The van der Waals surface area contributed by atoms with E-state index in [9.17, 15) is 35.4 Å². The highest BCUT2D eigenvalue weighted by Gasteiger charge is 2.88. The van der Waals surface area contributed by atoms with Crippen molar-refractivity contribution in [2.75, 3.05) is 13.1 Å². The minimum absolute atomic E-state index is 0.0606. The lowest BCUT2D eigenvalue weighted by Crippen LogP contribution is -2.85. The van der Waals surface area contributed by atoms with Gasteiger partial charge in [-0.05, 0) is 65.2 Å². The molecule has 14 nitrogen and oxygen atoms in total. The summed E-state index contributed by atoms with van der Waals surface area (Å²) in [6.45, 7) is 10.1. The number of nitrogens with zero attached hydrogens (tertiary/aromatic N) is 1. The molecule has 0 aromatic heterocycles. The van der Waals surface area contributed by atoms with E-state index >= 15 is 0 Å². The van der Waals surface area contributed by atoms with Crippen molar-refractivity contribution in [3.05, 3.63) is 11.6 Å². The zero-order valence-electron chi connectivity index (χ0n) is 27.7. The van der Waals surface area contributed by atoms with Crippen LogP contribution in [-0.4, -0.2) is 124 Å². The second-order valence-electron chi connectivity index (χ2n) is 16.1. The fourth-order valence-electron chi connectivity index (χ4n) is 11.8. The smallest absolute Gasteiger partial charge is 0.394 e. The molecule has 0 aromatic rings. The number of rotatable bonds is 2. The molecule has 14 atom stereocenters. The summed E-state index contributed by atoms with van der Waals surface area (Å²) < 4.78 is 44.2. The van der Waals surface area contributed by atoms with Gasteiger partial charge in [0.05, 0.1) is 11.7 Å². The first-order valence-electron chi connectivity index (χ1n) is 16.7. The van der Waals surface area contributed by atoms with E-state index in [0.717, 1.165) is 6.42 Å². The molecule has 4 aliphatic carbocycles. The normalized spacial score (nSPS) is 55.1. The topological polar surface area (TPSA) is 235 Å². The number of ether oxygens (including phenoxy) is 2. The van der Waals surface area contributed by atoms with Gasteiger partial charge in [0, 0.05) is 60.7 Å². The van der Waals surface area contributed by atoms with Crippen molar-refractivity contribution in [1.29, 1.82) is 0 Å². The van der Waals surface area contributed by atoms with Gasteiger partial charge in [-0.1, -0.05) is 19.9 Å². The summed E-state index contributed by atoms with van der Waals surface area (Å²) in [6, 6.07) is -0.387. The second kappa shape index (κ2) is 10.6. The van der Waals surface area contributed by atoms with Gasteiger partial charge in [0.1, 0.15) is 22.4 Å². The highest BCUT2D eigenvalue weighted by atomic mass is 32.3. The minimum atomic E-state index is -4.67. The molecule has 4 saturated carbocycles. The van der Waals surface area contributed by atoms with E-state index in [-0.39, 0.29) is 25.4 Å². The van der Waals surface area contributed by atoms with E-state index in [1.165, 1.54) is 0 Å². The quantitative estimate of drug-likeness (QED) is 0.111. The number of hydrogen-bond donors (Lipinski definition) is 8. The van der Waals surface area contributed by atoms with Crippen LogP contribution in [0.25, 0.3) is 0 Å². The molecule has 0 amide bonds. The number of fused-ring (bicyclic) bond motifs is 5. The van der Waals surface area contributed by atoms with Crippen molar-refractivity contribution in [3.63, 3.8) is 0 Å². The first-order chi connectivity index (χ1) is 21.5. The summed E-state index contributed by atoms with van der Waals surface area (Å²) in [7, 11) is -4.67. The number of allylic oxidation sites excluding steroid dienone is 1. The van der Waals surface area contributed by atoms with Crippen molar-refractivity contribution in [2.45, 2.75) is 138 Å². The Labute approximate surface area is 275 Å². The van der Waals surface area contributed by atoms with Gasteiger partial charge in [0.25, 0.3) is 0 Å². The first kappa shape index (κ1) is 35.6. The molecule has 3 saturated heterocycles. The van der Waals surface area contributed by atoms with Gasteiger partial charge in [-0.3, -0.25) is 14.0 Å². The number of carbonyl (C=O) groups is 1. The van der Waals surface area contributed by atoms with E-state index in [2.05, 4.69) is 11.8 Å². The Morgan fingerprint density at radius 3 is 2.17 bits per heavy atom. The van der Waals surface area contributed by atoms with Crippen molar-refractivity contribution < 1.29 is 62.4 Å². The van der Waals surface area contributed by atoms with E-state index in [0.29, 0.717) is 50.1 Å². The van der Waals surface area contributed by atoms with Gasteiger partial charge in [-0.15, -0.1) is 0 Å². The summed E-state index contributed by atoms with van der Waals surface area (Å²) in [5, 5.41) is 73.9. The Kier molecular flexibility index (Phi) is 8.05. The molecule has 3 heterocycles. The minimum Gasteiger partial charge on any atom is -0.453 e. The van der Waals surface area contributed by atoms with Gasteiger partial charge in [-0.25, -0.2) is 4.79 Å². The maximum Gasteiger partial charge on any atom is 0.394 e. The zero-order chi connectivity index (χ0) is 35.0. The number of aliphatic hydroxyl groups is 6. The van der Waals surface area contributed by atoms with Gasteiger partial charge in [-0.2, -0.15) is 8.42 Å². The lowest BCUT2D eigenvalue weighted by molar-refractivity contribution is -0.354. The molecule has 3 aliphatic heterocycles. The van der Waals surface area contributed by atoms with Crippen LogP contribution >= 0.6 is 0 Å². The van der Waals surface area contributed by atoms with Crippen molar-refractivity contribution in [1.82, 2.24) is 4.90 Å². The molecule has 7 rings (SSSR count). The van der Waals surface area contributed by atoms with E-state index in [1.54, 1.807) is 26.8 Å². The van der Waals surface area contributed by atoms with Crippen molar-refractivity contribution in [3.8, 4) is 0 Å². The number of carbonyl (C=O) groups excluding carboxylic acids is 1. The largest absolute Gasteiger partial charge is 0.453 e. The summed E-state index contributed by atoms with van der Waals surface area (Å²) in [5.41, 5.74) is -8.96. The van der Waals surface area contributed by atoms with Gasteiger partial charge < -0.3 is 40.1 Å². The Hall–Kier alpha value is -1.24. The van der Waals surface area contributed by atoms with E-state index in [4.69, 9.17) is 27.0 Å². The highest BCUT2D eigenvalue weighted by molar-refractivity contribution is 7.79. The predicted molar refractivity (Wildman–Crippen MR) is 164 cm³/mol. The van der Waals surface area contributed by atoms with Crippen LogP contribution in [0, 0.1) is 29.1 Å². The number of piperidine rings is 2. The van der Waals surface area contributed by atoms with Crippen molar-refractivity contribution >= 4 is 16.4 Å². The van der Waals surface area contributed by atoms with Crippen molar-refractivity contribution in [2.24, 2.45) is 29.1 Å². The van der Waals surface area contributed by atoms with Crippen LogP contribution in [0.5, 0.6) is 0 Å². The Balaban J connectivity index is 0.000000720. The predicted octanol–water partition coefficient (Wildman–Crippen LogP) is 0.338. The summed E-state index contributed by atoms with van der Waals surface area (Å²) in [5.74, 6) is -4.05. The number of aliphatic hydroxyl groups excluding tert-OH is 1. The second-order valence-corrected chi connectivity index (χ2v) is 17.0. The summed E-state index contributed by atoms with van der Waals surface area (Å²) in [6.07, 6.45) is 2.30. The standard InChI is InChI=1S/C32H49NO9.H2O4S/c1-6-18(3)25(35)41-24-11-12-26(4)19-8-9-20-28(37)13-23(34)31(39)21(29(28,38)16-30(20,26)42-32(19,24)40)15-33-14-17(2)7-10-22(33)27(31,5)36;1-5(2,3)4/h6,17,19-24,34,36-40H,7-16H2,1-5H3;(H2,1,2,3,4)/b18-6+;/t17-,19+,20-,21+,22+,23+,24-,26+,27+,28+,29-,30-,31+,32+;/m1./s1. The van der Waals surface area contributed by atoms with Crippen LogP contribution in [0.4, 0.5) is 0 Å². The molecule has 7 aliphatic rings. The van der Waals surface area contributed by atoms with E-state index in [1.807, 2.05) is 6.92 Å². The van der Waals surface area contributed by atoms with Gasteiger partial charge in [0.15, 0.2) is 6.10 Å². The maximum atomic E-state index is 12.9. The molecule has 47 heavy (non-hydrogen) atoms. The fraction of sp³-hybridized carbons (Fsp3) is 0.906. The lowest BCUT2D eigenvalue weighted by atomic mass is 9.49.